The molecule has 0 aliphatic carbocycles. The standard InChI is InChI=1S/C19H18F3N3O3S3/c1-11(18(26)25(2)12-5-7-31(27,28)10-12)30-17-13(9-23)14(19(20,21)22)8-15(24-17)16-4-3-6-29-16/h3-4,6,8,11-12H,5,7,10H2,1-2H3. The lowest BCUT2D eigenvalue weighted by Crippen LogP contribution is -2.41. The molecule has 0 N–H and O–H groups in total. The van der Waals surface area contributed by atoms with Gasteiger partial charge in [-0.2, -0.15) is 18.4 Å². The molecule has 2 aromatic rings. The molecular formula is C19H18F3N3O3S3. The van der Waals surface area contributed by atoms with E-state index in [4.69, 9.17) is 0 Å². The third kappa shape index (κ3) is 5.22. The molecule has 1 saturated heterocycles. The number of rotatable bonds is 5. The van der Waals surface area contributed by atoms with Gasteiger partial charge >= 0.3 is 6.18 Å². The van der Waals surface area contributed by atoms with Crippen molar-refractivity contribution in [2.75, 3.05) is 18.6 Å². The summed E-state index contributed by atoms with van der Waals surface area (Å²) in [7, 11) is -1.72. The number of thioether (sulfide) groups is 1. The van der Waals surface area contributed by atoms with Crippen LogP contribution in [0.25, 0.3) is 10.6 Å². The van der Waals surface area contributed by atoms with E-state index in [1.807, 2.05) is 0 Å². The summed E-state index contributed by atoms with van der Waals surface area (Å²) in [5.74, 6) is -0.581. The number of thiophene rings is 1. The zero-order valence-corrected chi connectivity index (χ0v) is 19.0. The van der Waals surface area contributed by atoms with E-state index in [-0.39, 0.29) is 22.2 Å². The number of aromatic nitrogens is 1. The van der Waals surface area contributed by atoms with Crippen LogP contribution < -0.4 is 0 Å². The molecule has 1 fully saturated rings. The first kappa shape index (κ1) is 23.6. The number of halogens is 3. The molecule has 31 heavy (non-hydrogen) atoms. The maximum absolute atomic E-state index is 13.6. The maximum atomic E-state index is 13.6. The molecule has 2 aromatic heterocycles. The zero-order chi connectivity index (χ0) is 23.0. The third-order valence-corrected chi connectivity index (χ3v) is 8.63. The number of carbonyl (C=O) groups is 1. The van der Waals surface area contributed by atoms with Crippen molar-refractivity contribution in [3.63, 3.8) is 0 Å². The largest absolute Gasteiger partial charge is 0.417 e. The Kier molecular flexibility index (Phi) is 6.69. The van der Waals surface area contributed by atoms with Crippen molar-refractivity contribution in [2.45, 2.75) is 35.8 Å². The van der Waals surface area contributed by atoms with Gasteiger partial charge in [-0.3, -0.25) is 4.79 Å². The van der Waals surface area contributed by atoms with E-state index in [1.54, 1.807) is 23.6 Å². The van der Waals surface area contributed by atoms with E-state index in [0.29, 0.717) is 11.3 Å². The lowest BCUT2D eigenvalue weighted by atomic mass is 10.1. The minimum atomic E-state index is -4.77. The highest BCUT2D eigenvalue weighted by molar-refractivity contribution is 8.00. The average molecular weight is 490 g/mol. The van der Waals surface area contributed by atoms with Crippen molar-refractivity contribution in [3.05, 3.63) is 34.7 Å². The molecule has 166 valence electrons. The number of nitrogens with zero attached hydrogens (tertiary/aromatic N) is 3. The average Bonchev–Trinajstić information content (AvgIpc) is 3.35. The number of hydrogen-bond donors (Lipinski definition) is 0. The van der Waals surface area contributed by atoms with Crippen LogP contribution >= 0.6 is 23.1 Å². The summed E-state index contributed by atoms with van der Waals surface area (Å²) in [6.07, 6.45) is -4.45. The summed E-state index contributed by atoms with van der Waals surface area (Å²) < 4.78 is 64.3. The quantitative estimate of drug-likeness (QED) is 0.593. The van der Waals surface area contributed by atoms with Gasteiger partial charge in [0.25, 0.3) is 0 Å². The van der Waals surface area contributed by atoms with Crippen LogP contribution in [0.5, 0.6) is 0 Å². The highest BCUT2D eigenvalue weighted by Crippen LogP contribution is 2.39. The number of carbonyl (C=O) groups excluding carboxylic acids is 1. The first-order valence-electron chi connectivity index (χ1n) is 9.13. The molecule has 0 radical (unpaired) electrons. The van der Waals surface area contributed by atoms with Gasteiger partial charge in [0, 0.05) is 13.1 Å². The van der Waals surface area contributed by atoms with Crippen molar-refractivity contribution in [2.24, 2.45) is 0 Å². The fourth-order valence-electron chi connectivity index (χ4n) is 3.25. The van der Waals surface area contributed by atoms with E-state index >= 15 is 0 Å². The van der Waals surface area contributed by atoms with Crippen LogP contribution in [-0.2, 0) is 20.8 Å². The number of hydrogen-bond acceptors (Lipinski definition) is 7. The van der Waals surface area contributed by atoms with Gasteiger partial charge in [-0.1, -0.05) is 17.8 Å². The second-order valence-electron chi connectivity index (χ2n) is 7.09. The first-order valence-corrected chi connectivity index (χ1v) is 12.7. The highest BCUT2D eigenvalue weighted by Gasteiger charge is 2.38. The van der Waals surface area contributed by atoms with Crippen LogP contribution in [-0.4, -0.2) is 54.1 Å². The Balaban J connectivity index is 1.93. The topological polar surface area (TPSA) is 91.1 Å². The second-order valence-corrected chi connectivity index (χ2v) is 11.6. The normalized spacial score (nSPS) is 19.0. The van der Waals surface area contributed by atoms with Gasteiger partial charge in [0.15, 0.2) is 9.84 Å². The molecule has 1 aliphatic rings. The van der Waals surface area contributed by atoms with Gasteiger partial charge in [0.2, 0.25) is 5.91 Å². The summed E-state index contributed by atoms with van der Waals surface area (Å²) in [6.45, 7) is 1.50. The lowest BCUT2D eigenvalue weighted by Gasteiger charge is -2.26. The third-order valence-electron chi connectivity index (χ3n) is 4.92. The lowest BCUT2D eigenvalue weighted by molar-refractivity contribution is -0.138. The molecule has 12 heteroatoms. The van der Waals surface area contributed by atoms with E-state index in [2.05, 4.69) is 4.98 Å². The van der Waals surface area contributed by atoms with Crippen LogP contribution in [0.1, 0.15) is 24.5 Å². The molecule has 6 nitrogen and oxygen atoms in total. The number of alkyl halides is 3. The second kappa shape index (κ2) is 8.80. The van der Waals surface area contributed by atoms with Crippen molar-refractivity contribution in [3.8, 4) is 16.6 Å². The van der Waals surface area contributed by atoms with Crippen molar-refractivity contribution in [1.82, 2.24) is 9.88 Å². The Morgan fingerprint density at radius 3 is 2.68 bits per heavy atom. The molecule has 0 spiro atoms. The number of pyridine rings is 1. The van der Waals surface area contributed by atoms with Crippen LogP contribution in [0.3, 0.4) is 0 Å². The minimum absolute atomic E-state index is 0.00521. The molecular weight excluding hydrogens is 471 g/mol. The SMILES string of the molecule is CC(Sc1nc(-c2cccs2)cc(C(F)(F)F)c1C#N)C(=O)N(C)C1CCS(=O)(=O)C1. The number of sulfone groups is 1. The van der Waals surface area contributed by atoms with E-state index < -0.39 is 44.3 Å². The Morgan fingerprint density at radius 2 is 2.16 bits per heavy atom. The molecule has 2 atom stereocenters. The summed E-state index contributed by atoms with van der Waals surface area (Å²) in [5.41, 5.74) is -1.67. The van der Waals surface area contributed by atoms with Crippen LogP contribution in [0.4, 0.5) is 13.2 Å². The maximum Gasteiger partial charge on any atom is 0.417 e. The van der Waals surface area contributed by atoms with Crippen molar-refractivity contribution in [1.29, 1.82) is 5.26 Å². The fraction of sp³-hybridized carbons (Fsp3) is 0.421. The predicted molar refractivity (Wildman–Crippen MR) is 112 cm³/mol. The van der Waals surface area contributed by atoms with Gasteiger partial charge in [0.05, 0.1) is 38.5 Å². The number of nitriles is 1. The van der Waals surface area contributed by atoms with Crippen molar-refractivity contribution >= 4 is 38.8 Å². The Bertz CT molecular complexity index is 1130. The Morgan fingerprint density at radius 1 is 1.45 bits per heavy atom. The van der Waals surface area contributed by atoms with Gasteiger partial charge < -0.3 is 4.90 Å². The summed E-state index contributed by atoms with van der Waals surface area (Å²) in [6, 6.07) is 5.24. The van der Waals surface area contributed by atoms with E-state index in [1.165, 1.54) is 30.2 Å². The Labute approximate surface area is 186 Å². The summed E-state index contributed by atoms with van der Waals surface area (Å²) in [5, 5.41) is 10.1. The van der Waals surface area contributed by atoms with Gasteiger partial charge in [0.1, 0.15) is 11.1 Å². The van der Waals surface area contributed by atoms with Crippen molar-refractivity contribution < 1.29 is 26.4 Å². The van der Waals surface area contributed by atoms with Crippen LogP contribution in [0, 0.1) is 11.3 Å². The first-order chi connectivity index (χ1) is 14.4. The van der Waals surface area contributed by atoms with Crippen LogP contribution in [0.2, 0.25) is 0 Å². The smallest absolute Gasteiger partial charge is 0.341 e. The zero-order valence-electron chi connectivity index (χ0n) is 16.5. The van der Waals surface area contributed by atoms with E-state index in [9.17, 15) is 31.6 Å². The molecule has 0 bridgehead atoms. The predicted octanol–water partition coefficient (Wildman–Crippen LogP) is 3.83. The molecule has 1 aliphatic heterocycles. The summed E-state index contributed by atoms with van der Waals surface area (Å²) in [4.78, 5) is 18.9. The highest BCUT2D eigenvalue weighted by atomic mass is 32.2. The van der Waals surface area contributed by atoms with Gasteiger partial charge in [-0.05, 0) is 30.9 Å². The molecule has 0 saturated carbocycles. The molecule has 2 unspecified atom stereocenters. The molecule has 3 rings (SSSR count). The monoisotopic (exact) mass is 489 g/mol. The molecule has 1 amide bonds. The number of amides is 1. The van der Waals surface area contributed by atoms with E-state index in [0.717, 1.165) is 17.8 Å². The Hall–Kier alpha value is -2.10. The van der Waals surface area contributed by atoms with Gasteiger partial charge in [-0.25, -0.2) is 13.4 Å². The minimum Gasteiger partial charge on any atom is -0.341 e. The fourth-order valence-corrected chi connectivity index (χ4v) is 6.74. The van der Waals surface area contributed by atoms with Gasteiger partial charge in [-0.15, -0.1) is 11.3 Å². The van der Waals surface area contributed by atoms with Crippen LogP contribution in [0.15, 0.2) is 28.6 Å². The summed E-state index contributed by atoms with van der Waals surface area (Å²) >= 11 is 1.97. The molecule has 0 aromatic carbocycles. The molecule has 3 heterocycles.